The van der Waals surface area contributed by atoms with E-state index in [0.29, 0.717) is 24.1 Å². The van der Waals surface area contributed by atoms with Crippen LogP contribution in [0.3, 0.4) is 0 Å². The Kier molecular flexibility index (Phi) is 37.1. The standard InChI is InChI=1S/C43H88NO7P/c1-6-8-10-12-14-16-18-20-21-22-23-24-25-26-28-30-32-34-36-43(45)51-42(41-50-52(46,47)49-39-37-44(3,4)5)40-48-38-35-33-31-29-27-19-17-15-13-11-9-7-2/h42H,6-41H2,1-5H3/t42-/m1/s1. The molecule has 0 aliphatic carbocycles. The molecular weight excluding hydrogens is 673 g/mol. The summed E-state index contributed by atoms with van der Waals surface area (Å²) in [6.07, 6.45) is 38.2. The van der Waals surface area contributed by atoms with Crippen LogP contribution in [0.2, 0.25) is 0 Å². The van der Waals surface area contributed by atoms with Gasteiger partial charge in [0.05, 0.1) is 34.4 Å². The van der Waals surface area contributed by atoms with Crippen molar-refractivity contribution >= 4 is 13.8 Å². The number of quaternary nitrogens is 1. The average Bonchev–Trinajstić information content (AvgIpc) is 3.09. The number of phosphoric acid groups is 1. The molecule has 2 atom stereocenters. The van der Waals surface area contributed by atoms with Crippen LogP contribution < -0.4 is 4.89 Å². The Bertz CT molecular complexity index is 807. The second-order valence-electron chi connectivity index (χ2n) is 16.4. The number of likely N-dealkylation sites (N-methyl/N-ethyl adjacent to an activating group) is 1. The summed E-state index contributed by atoms with van der Waals surface area (Å²) in [4.78, 5) is 25.0. The van der Waals surface area contributed by atoms with Crippen LogP contribution in [0.15, 0.2) is 0 Å². The molecule has 0 amide bonds. The van der Waals surface area contributed by atoms with E-state index in [1.807, 2.05) is 21.1 Å². The van der Waals surface area contributed by atoms with Crippen molar-refractivity contribution in [2.75, 3.05) is 54.1 Å². The first kappa shape index (κ1) is 51.5. The number of carbonyl (C=O) groups is 1. The molecule has 0 spiro atoms. The van der Waals surface area contributed by atoms with Crippen LogP contribution in [0.4, 0.5) is 0 Å². The Morgan fingerprint density at radius 1 is 0.519 bits per heavy atom. The Balaban J connectivity index is 4.15. The lowest BCUT2D eigenvalue weighted by molar-refractivity contribution is -0.870. The average molecular weight is 762 g/mol. The van der Waals surface area contributed by atoms with E-state index in [9.17, 15) is 14.3 Å². The van der Waals surface area contributed by atoms with Gasteiger partial charge in [0, 0.05) is 13.0 Å². The molecular formula is C43H88NO7P. The van der Waals surface area contributed by atoms with Crippen LogP contribution in [0.5, 0.6) is 0 Å². The van der Waals surface area contributed by atoms with Crippen molar-refractivity contribution in [3.63, 3.8) is 0 Å². The highest BCUT2D eigenvalue weighted by atomic mass is 31.2. The van der Waals surface area contributed by atoms with Gasteiger partial charge in [0.25, 0.3) is 7.82 Å². The molecule has 0 rings (SSSR count). The first-order valence-electron chi connectivity index (χ1n) is 22.3. The Hall–Kier alpha value is -0.500. The van der Waals surface area contributed by atoms with Crippen LogP contribution in [-0.4, -0.2) is 70.7 Å². The second-order valence-corrected chi connectivity index (χ2v) is 17.8. The molecule has 8 nitrogen and oxygen atoms in total. The molecule has 52 heavy (non-hydrogen) atoms. The molecule has 0 saturated carbocycles. The van der Waals surface area contributed by atoms with Crippen molar-refractivity contribution in [1.29, 1.82) is 0 Å². The van der Waals surface area contributed by atoms with Crippen molar-refractivity contribution in [3.05, 3.63) is 0 Å². The zero-order valence-electron chi connectivity index (χ0n) is 35.3. The molecule has 9 heteroatoms. The summed E-state index contributed by atoms with van der Waals surface area (Å²) in [5.41, 5.74) is 0. The molecule has 0 aromatic rings. The normalized spacial score (nSPS) is 13.7. The van der Waals surface area contributed by atoms with Gasteiger partial charge in [0.2, 0.25) is 0 Å². The van der Waals surface area contributed by atoms with E-state index < -0.39 is 13.9 Å². The Labute approximate surface area is 323 Å². The number of nitrogens with zero attached hydrogens (tertiary/aromatic N) is 1. The van der Waals surface area contributed by atoms with Crippen LogP contribution in [0.25, 0.3) is 0 Å². The zero-order valence-corrected chi connectivity index (χ0v) is 36.2. The van der Waals surface area contributed by atoms with E-state index in [1.54, 1.807) is 0 Å². The molecule has 0 aliphatic rings. The van der Waals surface area contributed by atoms with Gasteiger partial charge in [-0.15, -0.1) is 0 Å². The summed E-state index contributed by atoms with van der Waals surface area (Å²) in [5.74, 6) is -0.328. The van der Waals surface area contributed by atoms with Gasteiger partial charge in [0.15, 0.2) is 0 Å². The highest BCUT2D eigenvalue weighted by Gasteiger charge is 2.20. The van der Waals surface area contributed by atoms with Crippen molar-refractivity contribution < 1.29 is 37.3 Å². The van der Waals surface area contributed by atoms with E-state index >= 15 is 0 Å². The predicted molar refractivity (Wildman–Crippen MR) is 218 cm³/mol. The molecule has 0 saturated heterocycles. The van der Waals surface area contributed by atoms with Crippen molar-refractivity contribution in [1.82, 2.24) is 0 Å². The summed E-state index contributed by atoms with van der Waals surface area (Å²) in [7, 11) is 1.37. The number of carbonyl (C=O) groups excluding carboxylic acids is 1. The van der Waals surface area contributed by atoms with Gasteiger partial charge in [0.1, 0.15) is 19.3 Å². The molecule has 312 valence electrons. The monoisotopic (exact) mass is 762 g/mol. The van der Waals surface area contributed by atoms with Crippen LogP contribution >= 0.6 is 7.82 Å². The number of phosphoric ester groups is 1. The van der Waals surface area contributed by atoms with E-state index in [1.165, 1.54) is 161 Å². The van der Waals surface area contributed by atoms with Crippen LogP contribution in [0, 0.1) is 0 Å². The topological polar surface area (TPSA) is 94.1 Å². The van der Waals surface area contributed by atoms with Crippen molar-refractivity contribution in [2.24, 2.45) is 0 Å². The van der Waals surface area contributed by atoms with Crippen molar-refractivity contribution in [2.45, 2.75) is 219 Å². The quantitative estimate of drug-likeness (QED) is 0.0264. The molecule has 0 N–H and O–H groups in total. The van der Waals surface area contributed by atoms with Crippen LogP contribution in [-0.2, 0) is 27.9 Å². The third-order valence-corrected chi connectivity index (χ3v) is 10.9. The maximum Gasteiger partial charge on any atom is 0.306 e. The fraction of sp³-hybridized carbons (Fsp3) is 0.977. The second kappa shape index (κ2) is 37.4. The molecule has 0 radical (unpaired) electrons. The summed E-state index contributed by atoms with van der Waals surface area (Å²) in [6.45, 7) is 5.46. The SMILES string of the molecule is CCCCCCCCCCCCCCCCCCCCC(=O)O[C@H](COCCCCCCCCCCCCCC)COP(=O)([O-])OCC[N+](C)(C)C. The summed E-state index contributed by atoms with van der Waals surface area (Å²) >= 11 is 0. The van der Waals surface area contributed by atoms with Crippen LogP contribution in [0.1, 0.15) is 213 Å². The van der Waals surface area contributed by atoms with E-state index in [-0.39, 0.29) is 25.8 Å². The number of ether oxygens (including phenoxy) is 2. The number of esters is 1. The summed E-state index contributed by atoms with van der Waals surface area (Å²) in [5, 5.41) is 0. The third kappa shape index (κ3) is 40.7. The molecule has 0 aromatic carbocycles. The minimum absolute atomic E-state index is 0.0313. The Morgan fingerprint density at radius 2 is 0.885 bits per heavy atom. The minimum atomic E-state index is -4.51. The summed E-state index contributed by atoms with van der Waals surface area (Å²) < 4.78 is 34.6. The first-order chi connectivity index (χ1) is 25.1. The van der Waals surface area contributed by atoms with Gasteiger partial charge in [-0.05, 0) is 12.8 Å². The lowest BCUT2D eigenvalue weighted by Gasteiger charge is -2.28. The molecule has 0 aliphatic heterocycles. The van der Waals surface area contributed by atoms with E-state index in [0.717, 1.165) is 32.1 Å². The zero-order chi connectivity index (χ0) is 38.4. The maximum atomic E-state index is 12.7. The molecule has 0 bridgehead atoms. The molecule has 1 unspecified atom stereocenters. The van der Waals surface area contributed by atoms with E-state index in [2.05, 4.69) is 13.8 Å². The lowest BCUT2D eigenvalue weighted by Crippen LogP contribution is -2.37. The van der Waals surface area contributed by atoms with Gasteiger partial charge in [-0.25, -0.2) is 0 Å². The van der Waals surface area contributed by atoms with Gasteiger partial charge in [-0.1, -0.05) is 194 Å². The smallest absolute Gasteiger partial charge is 0.306 e. The highest BCUT2D eigenvalue weighted by molar-refractivity contribution is 7.45. The number of unbranched alkanes of at least 4 members (excludes halogenated alkanes) is 28. The fourth-order valence-electron chi connectivity index (χ4n) is 6.43. The number of hydrogen-bond donors (Lipinski definition) is 0. The fourth-order valence-corrected chi connectivity index (χ4v) is 7.16. The minimum Gasteiger partial charge on any atom is -0.756 e. The summed E-state index contributed by atoms with van der Waals surface area (Å²) in [6, 6.07) is 0. The molecule has 0 aromatic heterocycles. The number of rotatable bonds is 42. The van der Waals surface area contributed by atoms with Crippen molar-refractivity contribution in [3.8, 4) is 0 Å². The Morgan fingerprint density at radius 3 is 1.27 bits per heavy atom. The molecule has 0 fully saturated rings. The predicted octanol–water partition coefficient (Wildman–Crippen LogP) is 12.3. The van der Waals surface area contributed by atoms with Gasteiger partial charge in [-0.3, -0.25) is 9.36 Å². The number of hydrogen-bond acceptors (Lipinski definition) is 7. The van der Waals surface area contributed by atoms with E-state index in [4.69, 9.17) is 18.5 Å². The van der Waals surface area contributed by atoms with Gasteiger partial charge < -0.3 is 27.9 Å². The van der Waals surface area contributed by atoms with Gasteiger partial charge >= 0.3 is 5.97 Å². The maximum absolute atomic E-state index is 12.7. The highest BCUT2D eigenvalue weighted by Crippen LogP contribution is 2.38. The third-order valence-electron chi connectivity index (χ3n) is 9.91. The lowest BCUT2D eigenvalue weighted by atomic mass is 10.0. The largest absolute Gasteiger partial charge is 0.756 e. The molecule has 0 heterocycles. The van der Waals surface area contributed by atoms with Gasteiger partial charge in [-0.2, -0.15) is 0 Å². The first-order valence-corrected chi connectivity index (χ1v) is 23.7.